The second kappa shape index (κ2) is 14.6. The molecular formula is C19H34F3IN6. The predicted octanol–water partition coefficient (Wildman–Crippen LogP) is 3.81. The van der Waals surface area contributed by atoms with Gasteiger partial charge in [-0.3, -0.25) is 4.99 Å². The molecule has 0 fully saturated rings. The molecule has 0 aliphatic carbocycles. The Bertz CT molecular complexity index is 594. The topological polar surface area (TPSA) is 64.6 Å². The van der Waals surface area contributed by atoms with E-state index in [0.717, 1.165) is 38.5 Å². The summed E-state index contributed by atoms with van der Waals surface area (Å²) in [5.74, 6) is 0.471. The summed E-state index contributed by atoms with van der Waals surface area (Å²) in [7, 11) is 1.67. The number of nitrogens with zero attached hydrogens (tertiary/aromatic N) is 3. The van der Waals surface area contributed by atoms with Gasteiger partial charge < -0.3 is 20.9 Å². The van der Waals surface area contributed by atoms with Crippen LogP contribution in [0.5, 0.6) is 0 Å². The molecule has 0 aromatic carbocycles. The van der Waals surface area contributed by atoms with E-state index in [1.165, 1.54) is 12.3 Å². The summed E-state index contributed by atoms with van der Waals surface area (Å²) in [5, 5.41) is 9.15. The third-order valence-electron chi connectivity index (χ3n) is 4.44. The fraction of sp³-hybridized carbons (Fsp3) is 0.684. The highest BCUT2D eigenvalue weighted by Gasteiger charge is 2.33. The van der Waals surface area contributed by atoms with Crippen molar-refractivity contribution in [3.8, 4) is 0 Å². The molecule has 10 heteroatoms. The molecule has 1 unspecified atom stereocenters. The first-order valence-electron chi connectivity index (χ1n) is 9.77. The van der Waals surface area contributed by atoms with Gasteiger partial charge in [0.1, 0.15) is 5.82 Å². The van der Waals surface area contributed by atoms with Crippen molar-refractivity contribution in [1.29, 1.82) is 0 Å². The van der Waals surface area contributed by atoms with Crippen LogP contribution in [-0.2, 0) is 6.18 Å². The van der Waals surface area contributed by atoms with Crippen LogP contribution in [0.2, 0.25) is 0 Å². The van der Waals surface area contributed by atoms with Crippen molar-refractivity contribution in [2.24, 2.45) is 4.99 Å². The van der Waals surface area contributed by atoms with Crippen molar-refractivity contribution in [3.05, 3.63) is 23.9 Å². The summed E-state index contributed by atoms with van der Waals surface area (Å²) in [6, 6.07) is 2.55. The van der Waals surface area contributed by atoms with Gasteiger partial charge in [0.05, 0.1) is 5.56 Å². The van der Waals surface area contributed by atoms with Crippen LogP contribution < -0.4 is 16.0 Å². The Hall–Kier alpha value is -1.30. The van der Waals surface area contributed by atoms with Crippen LogP contribution in [0, 0.1) is 0 Å². The average molecular weight is 530 g/mol. The lowest BCUT2D eigenvalue weighted by Gasteiger charge is -2.21. The van der Waals surface area contributed by atoms with E-state index >= 15 is 0 Å². The molecule has 29 heavy (non-hydrogen) atoms. The number of anilines is 1. The van der Waals surface area contributed by atoms with E-state index in [-0.39, 0.29) is 42.4 Å². The van der Waals surface area contributed by atoms with E-state index in [2.05, 4.69) is 51.6 Å². The Balaban J connectivity index is 0.00000784. The van der Waals surface area contributed by atoms with E-state index in [0.29, 0.717) is 12.5 Å². The van der Waals surface area contributed by atoms with Crippen molar-refractivity contribution in [3.63, 3.8) is 0 Å². The summed E-state index contributed by atoms with van der Waals surface area (Å²) in [5.41, 5.74) is -0.765. The Morgan fingerprint density at radius 2 is 1.93 bits per heavy atom. The lowest BCUT2D eigenvalue weighted by atomic mass is 10.2. The number of pyridine rings is 1. The van der Waals surface area contributed by atoms with Gasteiger partial charge in [-0.15, -0.1) is 24.0 Å². The summed E-state index contributed by atoms with van der Waals surface area (Å²) in [6.07, 6.45) is -0.986. The number of nitrogens with one attached hydrogen (secondary N) is 3. The number of guanidine groups is 1. The normalized spacial score (nSPS) is 13.0. The van der Waals surface area contributed by atoms with Crippen LogP contribution in [0.3, 0.4) is 0 Å². The molecule has 1 atom stereocenters. The number of aromatic nitrogens is 1. The van der Waals surface area contributed by atoms with Crippen LogP contribution in [0.25, 0.3) is 0 Å². The van der Waals surface area contributed by atoms with Crippen LogP contribution in [-0.4, -0.2) is 61.7 Å². The van der Waals surface area contributed by atoms with Gasteiger partial charge in [0.15, 0.2) is 5.96 Å². The smallest absolute Gasteiger partial charge is 0.368 e. The summed E-state index contributed by atoms with van der Waals surface area (Å²) < 4.78 is 38.9. The van der Waals surface area contributed by atoms with Gasteiger partial charge in [0.25, 0.3) is 0 Å². The largest absolute Gasteiger partial charge is 0.419 e. The Labute approximate surface area is 189 Å². The lowest BCUT2D eigenvalue weighted by Crippen LogP contribution is -2.44. The zero-order chi connectivity index (χ0) is 21.0. The predicted molar refractivity (Wildman–Crippen MR) is 124 cm³/mol. The number of alkyl halides is 3. The van der Waals surface area contributed by atoms with E-state index < -0.39 is 11.7 Å². The van der Waals surface area contributed by atoms with E-state index in [9.17, 15) is 13.2 Å². The Kier molecular flexibility index (Phi) is 14.0. The van der Waals surface area contributed by atoms with Crippen LogP contribution in [0.1, 0.15) is 39.2 Å². The highest BCUT2D eigenvalue weighted by molar-refractivity contribution is 14.0. The van der Waals surface area contributed by atoms with Crippen LogP contribution >= 0.6 is 24.0 Å². The van der Waals surface area contributed by atoms with Crippen molar-refractivity contribution in [1.82, 2.24) is 20.5 Å². The van der Waals surface area contributed by atoms with E-state index in [1.807, 2.05) is 0 Å². The maximum absolute atomic E-state index is 13.0. The Morgan fingerprint density at radius 3 is 2.52 bits per heavy atom. The molecule has 0 bridgehead atoms. The molecule has 0 aliphatic rings. The first-order valence-corrected chi connectivity index (χ1v) is 9.77. The lowest BCUT2D eigenvalue weighted by molar-refractivity contribution is -0.137. The van der Waals surface area contributed by atoms with Gasteiger partial charge in [-0.25, -0.2) is 4.98 Å². The number of aliphatic imine (C=N–C) groups is 1. The second-order valence-electron chi connectivity index (χ2n) is 6.54. The third kappa shape index (κ3) is 10.9. The number of hydrogen-bond donors (Lipinski definition) is 3. The second-order valence-corrected chi connectivity index (χ2v) is 6.54. The third-order valence-corrected chi connectivity index (χ3v) is 4.44. The molecule has 0 amide bonds. The van der Waals surface area contributed by atoms with Gasteiger partial charge in [0.2, 0.25) is 0 Å². The maximum atomic E-state index is 13.0. The fourth-order valence-corrected chi connectivity index (χ4v) is 2.80. The quantitative estimate of drug-likeness (QED) is 0.176. The Morgan fingerprint density at radius 1 is 1.24 bits per heavy atom. The van der Waals surface area contributed by atoms with Gasteiger partial charge >= 0.3 is 6.18 Å². The average Bonchev–Trinajstić information content (AvgIpc) is 2.67. The monoisotopic (exact) mass is 530 g/mol. The minimum absolute atomic E-state index is 0. The molecule has 0 spiro atoms. The van der Waals surface area contributed by atoms with Crippen molar-refractivity contribution in [2.75, 3.05) is 45.1 Å². The summed E-state index contributed by atoms with van der Waals surface area (Å²) >= 11 is 0. The molecule has 0 saturated heterocycles. The highest BCUT2D eigenvalue weighted by atomic mass is 127. The van der Waals surface area contributed by atoms with Crippen LogP contribution in [0.4, 0.5) is 19.0 Å². The molecule has 1 aromatic rings. The SMILES string of the molecule is CCN(CC)CCCC(C)NC(=NC)NCCNc1ncccc1C(F)(F)F.I. The van der Waals surface area contributed by atoms with Gasteiger partial charge in [0, 0.05) is 32.4 Å². The van der Waals surface area contributed by atoms with Gasteiger partial charge in [-0.1, -0.05) is 13.8 Å². The molecule has 0 saturated carbocycles. The molecule has 168 valence electrons. The first-order chi connectivity index (χ1) is 13.3. The van der Waals surface area contributed by atoms with Crippen molar-refractivity contribution in [2.45, 2.75) is 45.8 Å². The number of rotatable bonds is 11. The van der Waals surface area contributed by atoms with Crippen molar-refractivity contribution < 1.29 is 13.2 Å². The molecule has 3 N–H and O–H groups in total. The maximum Gasteiger partial charge on any atom is 0.419 e. The summed E-state index contributed by atoms with van der Waals surface area (Å²) in [6.45, 7) is 10.3. The van der Waals surface area contributed by atoms with E-state index in [4.69, 9.17) is 0 Å². The van der Waals surface area contributed by atoms with Gasteiger partial charge in [-0.05, 0) is 51.5 Å². The molecule has 0 radical (unpaired) electrons. The van der Waals surface area contributed by atoms with Crippen molar-refractivity contribution >= 4 is 35.8 Å². The zero-order valence-electron chi connectivity index (χ0n) is 17.6. The summed E-state index contributed by atoms with van der Waals surface area (Å²) in [4.78, 5) is 10.3. The molecule has 1 rings (SSSR count). The highest BCUT2D eigenvalue weighted by Crippen LogP contribution is 2.33. The standard InChI is InChI=1S/C19H33F3N6.HI/c1-5-28(6-2)14-8-9-15(3)27-18(23-4)26-13-12-25-17-16(19(20,21)22)10-7-11-24-17;/h7,10-11,15H,5-6,8-9,12-14H2,1-4H3,(H,24,25)(H2,23,26,27);1H. The van der Waals surface area contributed by atoms with Gasteiger partial charge in [-0.2, -0.15) is 13.2 Å². The van der Waals surface area contributed by atoms with Crippen LogP contribution in [0.15, 0.2) is 23.3 Å². The van der Waals surface area contributed by atoms with E-state index in [1.54, 1.807) is 7.05 Å². The molecule has 6 nitrogen and oxygen atoms in total. The molecular weight excluding hydrogens is 496 g/mol. The zero-order valence-corrected chi connectivity index (χ0v) is 20.0. The molecule has 0 aliphatic heterocycles. The molecule has 1 aromatic heterocycles. The minimum Gasteiger partial charge on any atom is -0.368 e. The number of hydrogen-bond acceptors (Lipinski definition) is 4. The molecule has 1 heterocycles. The number of halogens is 4. The minimum atomic E-state index is -4.43. The fourth-order valence-electron chi connectivity index (χ4n) is 2.80. The first kappa shape index (κ1) is 27.7.